The average Bonchev–Trinajstić information content (AvgIpc) is 2.61. The predicted octanol–water partition coefficient (Wildman–Crippen LogP) is 3.30. The Morgan fingerprint density at radius 2 is 2.00 bits per heavy atom. The smallest absolute Gasteiger partial charge is 0.226 e. The molecule has 136 valence electrons. The number of anilines is 1. The molecule has 4 atom stereocenters. The van der Waals surface area contributed by atoms with Crippen LogP contribution in [0.4, 0.5) is 5.69 Å². The van der Waals surface area contributed by atoms with Gasteiger partial charge in [-0.2, -0.15) is 0 Å². The number of carbonyl (C=O) groups excluding carboxylic acids is 1. The third-order valence-electron chi connectivity index (χ3n) is 6.52. The Labute approximate surface area is 155 Å². The van der Waals surface area contributed by atoms with E-state index >= 15 is 0 Å². The summed E-state index contributed by atoms with van der Waals surface area (Å²) in [7, 11) is 0. The van der Waals surface area contributed by atoms with E-state index < -0.39 is 5.41 Å². The number of hydrogen-bond acceptors (Lipinski definition) is 3. The molecule has 0 bridgehead atoms. The first-order chi connectivity index (χ1) is 12.5. The first-order valence-corrected chi connectivity index (χ1v) is 9.49. The summed E-state index contributed by atoms with van der Waals surface area (Å²) in [6, 6.07) is 16.5. The van der Waals surface area contributed by atoms with Crippen LogP contribution in [0.15, 0.2) is 48.5 Å². The molecule has 26 heavy (non-hydrogen) atoms. The molecular weight excluding hydrogens is 322 g/mol. The lowest BCUT2D eigenvalue weighted by Crippen LogP contribution is -2.62. The minimum atomic E-state index is -0.573. The number of hydrogen-bond donors (Lipinski definition) is 3. The lowest BCUT2D eigenvalue weighted by molar-refractivity contribution is -0.142. The molecule has 2 aromatic rings. The Morgan fingerprint density at radius 3 is 2.69 bits per heavy atom. The third kappa shape index (κ3) is 2.60. The van der Waals surface area contributed by atoms with Crippen LogP contribution >= 0.6 is 0 Å². The van der Waals surface area contributed by atoms with Gasteiger partial charge < -0.3 is 16.8 Å². The molecule has 1 saturated carbocycles. The Morgan fingerprint density at radius 1 is 1.19 bits per heavy atom. The van der Waals surface area contributed by atoms with Gasteiger partial charge in [-0.3, -0.25) is 4.79 Å². The van der Waals surface area contributed by atoms with Crippen molar-refractivity contribution in [2.24, 2.45) is 22.8 Å². The number of para-hydroxylation sites is 1. The summed E-state index contributed by atoms with van der Waals surface area (Å²) in [6.45, 7) is 2.07. The third-order valence-corrected chi connectivity index (χ3v) is 6.52. The fourth-order valence-electron chi connectivity index (χ4n) is 4.97. The van der Waals surface area contributed by atoms with E-state index in [1.165, 1.54) is 11.1 Å². The van der Waals surface area contributed by atoms with Crippen molar-refractivity contribution in [3.8, 4) is 0 Å². The van der Waals surface area contributed by atoms with Crippen LogP contribution in [0.1, 0.15) is 42.0 Å². The van der Waals surface area contributed by atoms with Gasteiger partial charge in [0.2, 0.25) is 5.91 Å². The van der Waals surface area contributed by atoms with Gasteiger partial charge in [0.05, 0.1) is 5.41 Å². The van der Waals surface area contributed by atoms with Gasteiger partial charge in [0.25, 0.3) is 0 Å². The Balaban J connectivity index is 1.64. The summed E-state index contributed by atoms with van der Waals surface area (Å²) >= 11 is 0. The number of primary amides is 1. The lowest BCUT2D eigenvalue weighted by Gasteiger charge is -2.55. The summed E-state index contributed by atoms with van der Waals surface area (Å²) in [5.41, 5.74) is 16.8. The van der Waals surface area contributed by atoms with Crippen molar-refractivity contribution in [2.45, 2.75) is 44.7 Å². The molecule has 1 fully saturated rings. The topological polar surface area (TPSA) is 81.1 Å². The number of amides is 1. The van der Waals surface area contributed by atoms with Gasteiger partial charge in [-0.25, -0.2) is 0 Å². The number of aryl methyl sites for hydroxylation is 2. The predicted molar refractivity (Wildman–Crippen MR) is 105 cm³/mol. The highest BCUT2D eigenvalue weighted by Crippen LogP contribution is 2.56. The number of fused-ring (bicyclic) bond motifs is 1. The van der Waals surface area contributed by atoms with E-state index in [-0.39, 0.29) is 23.9 Å². The van der Waals surface area contributed by atoms with Crippen molar-refractivity contribution in [2.75, 3.05) is 5.32 Å². The first kappa shape index (κ1) is 17.1. The molecule has 2 aromatic carbocycles. The van der Waals surface area contributed by atoms with Crippen LogP contribution in [0.3, 0.4) is 0 Å². The standard InChI is InChI=1S/C22H27N3O/c1-14-5-4-7-16(13-14)20(23)17-11-12-22(17,21(24)26)19-10-9-15-6-2-3-8-18(15)25-19/h2-8,13,17,19-20,25H,9-12,23H2,1H3,(H2,24,26)/t17-,19-,20?,22-/m1/s1. The van der Waals surface area contributed by atoms with Crippen LogP contribution < -0.4 is 16.8 Å². The molecule has 5 N–H and O–H groups in total. The monoisotopic (exact) mass is 349 g/mol. The van der Waals surface area contributed by atoms with Crippen LogP contribution in [0.2, 0.25) is 0 Å². The van der Waals surface area contributed by atoms with E-state index in [9.17, 15) is 4.79 Å². The van der Waals surface area contributed by atoms with Crippen LogP contribution in [0.25, 0.3) is 0 Å². The maximum Gasteiger partial charge on any atom is 0.226 e. The normalized spacial score (nSPS) is 28.4. The highest BCUT2D eigenvalue weighted by Gasteiger charge is 2.58. The van der Waals surface area contributed by atoms with Crippen molar-refractivity contribution in [1.29, 1.82) is 0 Å². The summed E-state index contributed by atoms with van der Waals surface area (Å²) in [4.78, 5) is 12.7. The minimum Gasteiger partial charge on any atom is -0.381 e. The van der Waals surface area contributed by atoms with Crippen molar-refractivity contribution < 1.29 is 4.79 Å². The average molecular weight is 349 g/mol. The number of nitrogens with one attached hydrogen (secondary N) is 1. The van der Waals surface area contributed by atoms with E-state index in [0.717, 1.165) is 36.9 Å². The SMILES string of the molecule is Cc1cccc(C(N)[C@H]2CC[C@]2(C(N)=O)[C@H]2CCc3ccccc3N2)c1. The quantitative estimate of drug-likeness (QED) is 0.792. The van der Waals surface area contributed by atoms with Crippen LogP contribution in [-0.4, -0.2) is 11.9 Å². The summed E-state index contributed by atoms with van der Waals surface area (Å²) in [6.07, 6.45) is 3.64. The fraction of sp³-hybridized carbons (Fsp3) is 0.409. The maximum absolute atomic E-state index is 12.7. The molecule has 1 aliphatic heterocycles. The van der Waals surface area contributed by atoms with Crippen LogP contribution in [0.5, 0.6) is 0 Å². The molecule has 1 heterocycles. The molecule has 1 aliphatic carbocycles. The second-order valence-corrected chi connectivity index (χ2v) is 7.88. The molecule has 0 saturated heterocycles. The Kier molecular flexibility index (Phi) is 4.23. The highest BCUT2D eigenvalue weighted by molar-refractivity contribution is 5.84. The molecule has 0 aromatic heterocycles. The number of rotatable bonds is 4. The Hall–Kier alpha value is -2.33. The minimum absolute atomic E-state index is 0.0458. The highest BCUT2D eigenvalue weighted by atomic mass is 16.1. The molecule has 2 aliphatic rings. The molecule has 0 spiro atoms. The van der Waals surface area contributed by atoms with Gasteiger partial charge in [-0.1, -0.05) is 48.0 Å². The number of carbonyl (C=O) groups is 1. The number of nitrogens with two attached hydrogens (primary N) is 2. The van der Waals surface area contributed by atoms with Gasteiger partial charge in [0.1, 0.15) is 0 Å². The molecular formula is C22H27N3O. The van der Waals surface area contributed by atoms with Crippen LogP contribution in [-0.2, 0) is 11.2 Å². The number of benzene rings is 2. The van der Waals surface area contributed by atoms with E-state index in [0.29, 0.717) is 0 Å². The van der Waals surface area contributed by atoms with Crippen molar-refractivity contribution in [3.05, 3.63) is 65.2 Å². The van der Waals surface area contributed by atoms with Gasteiger partial charge in [-0.15, -0.1) is 0 Å². The largest absolute Gasteiger partial charge is 0.381 e. The second-order valence-electron chi connectivity index (χ2n) is 7.88. The zero-order chi connectivity index (χ0) is 18.3. The fourth-order valence-corrected chi connectivity index (χ4v) is 4.97. The van der Waals surface area contributed by atoms with Crippen molar-refractivity contribution in [1.82, 2.24) is 0 Å². The molecule has 4 rings (SSSR count). The van der Waals surface area contributed by atoms with Crippen LogP contribution in [0, 0.1) is 18.3 Å². The summed E-state index contributed by atoms with van der Waals surface area (Å²) in [5, 5.41) is 3.61. The maximum atomic E-state index is 12.7. The van der Waals surface area contributed by atoms with Crippen molar-refractivity contribution in [3.63, 3.8) is 0 Å². The zero-order valence-corrected chi connectivity index (χ0v) is 15.2. The Bertz CT molecular complexity index is 834. The molecule has 1 amide bonds. The first-order valence-electron chi connectivity index (χ1n) is 9.49. The summed E-state index contributed by atoms with van der Waals surface area (Å²) < 4.78 is 0. The molecule has 4 nitrogen and oxygen atoms in total. The van der Waals surface area contributed by atoms with E-state index in [1.807, 2.05) is 12.1 Å². The second kappa shape index (κ2) is 6.44. The van der Waals surface area contributed by atoms with E-state index in [4.69, 9.17) is 11.5 Å². The molecule has 1 unspecified atom stereocenters. The van der Waals surface area contributed by atoms with Gasteiger partial charge in [0.15, 0.2) is 0 Å². The van der Waals surface area contributed by atoms with E-state index in [1.54, 1.807) is 0 Å². The molecule has 4 heteroatoms. The zero-order valence-electron chi connectivity index (χ0n) is 15.2. The molecule has 0 radical (unpaired) electrons. The van der Waals surface area contributed by atoms with Gasteiger partial charge in [0, 0.05) is 17.8 Å². The van der Waals surface area contributed by atoms with Gasteiger partial charge >= 0.3 is 0 Å². The summed E-state index contributed by atoms with van der Waals surface area (Å²) in [5.74, 6) is -0.140. The lowest BCUT2D eigenvalue weighted by atomic mass is 9.52. The van der Waals surface area contributed by atoms with Crippen molar-refractivity contribution >= 4 is 11.6 Å². The van der Waals surface area contributed by atoms with Gasteiger partial charge in [-0.05, 0) is 55.7 Å². The van der Waals surface area contributed by atoms with E-state index in [2.05, 4.69) is 48.6 Å².